The van der Waals surface area contributed by atoms with Gasteiger partial charge < -0.3 is 4.98 Å². The molecule has 0 bridgehead atoms. The number of nitrogens with one attached hydrogen (secondary N) is 1. The largest absolute Gasteiger partial charge is 0.368 e. The van der Waals surface area contributed by atoms with Crippen molar-refractivity contribution in [2.75, 3.05) is 0 Å². The van der Waals surface area contributed by atoms with Crippen molar-refractivity contribution in [1.82, 2.24) is 4.98 Å². The summed E-state index contributed by atoms with van der Waals surface area (Å²) in [6, 6.07) is 7.93. The van der Waals surface area contributed by atoms with Gasteiger partial charge in [-0.25, -0.2) is 0 Å². The molecule has 52 valence electrons. The maximum Gasteiger partial charge on any atom is 0.138 e. The van der Waals surface area contributed by atoms with Crippen LogP contribution in [0.3, 0.4) is 0 Å². The predicted octanol–water partition coefficient (Wildman–Crippen LogP) is 1.72. The summed E-state index contributed by atoms with van der Waals surface area (Å²) >= 11 is 3.39. The Morgan fingerprint density at radius 1 is 1.27 bits per heavy atom. The standard InChI is InChI=1S/C8H5BBrN/c9-8-4-5-3-6(10)1-2-7(5)11-8/h1-4,11H. The predicted molar refractivity (Wildman–Crippen MR) is 51.4 cm³/mol. The fourth-order valence-electron chi connectivity index (χ4n) is 1.13. The summed E-state index contributed by atoms with van der Waals surface area (Å²) in [5.41, 5.74) is 1.78. The average molecular weight is 206 g/mol. The summed E-state index contributed by atoms with van der Waals surface area (Å²) in [5, 5.41) is 1.14. The van der Waals surface area contributed by atoms with E-state index in [0.29, 0.717) is 5.59 Å². The molecule has 2 aromatic rings. The SMILES string of the molecule is [B]c1cc2cc(Br)ccc2[nH]1. The summed E-state index contributed by atoms with van der Waals surface area (Å²) in [6.45, 7) is 0. The van der Waals surface area contributed by atoms with Crippen LogP contribution in [0.1, 0.15) is 0 Å². The topological polar surface area (TPSA) is 15.8 Å². The smallest absolute Gasteiger partial charge is 0.138 e. The van der Waals surface area contributed by atoms with Crippen LogP contribution in [0.4, 0.5) is 0 Å². The molecule has 1 aromatic carbocycles. The van der Waals surface area contributed by atoms with Gasteiger partial charge in [-0.3, -0.25) is 0 Å². The molecule has 0 saturated heterocycles. The van der Waals surface area contributed by atoms with Crippen LogP contribution in [0.5, 0.6) is 0 Å². The highest BCUT2D eigenvalue weighted by atomic mass is 79.9. The molecular weight excluding hydrogens is 201 g/mol. The molecule has 0 saturated carbocycles. The van der Waals surface area contributed by atoms with E-state index in [1.165, 1.54) is 0 Å². The molecule has 0 unspecified atom stereocenters. The van der Waals surface area contributed by atoms with Crippen molar-refractivity contribution in [1.29, 1.82) is 0 Å². The van der Waals surface area contributed by atoms with Gasteiger partial charge >= 0.3 is 0 Å². The second-order valence-corrected chi connectivity index (χ2v) is 3.37. The maximum absolute atomic E-state index is 5.57. The van der Waals surface area contributed by atoms with Crippen LogP contribution in [0, 0.1) is 0 Å². The Balaban J connectivity index is 2.82. The van der Waals surface area contributed by atoms with Gasteiger partial charge in [-0.15, -0.1) is 0 Å². The number of H-pyrrole nitrogens is 1. The van der Waals surface area contributed by atoms with Gasteiger partial charge in [-0.05, 0) is 35.2 Å². The molecule has 0 amide bonds. The van der Waals surface area contributed by atoms with E-state index in [2.05, 4.69) is 20.9 Å². The number of fused-ring (bicyclic) bond motifs is 1. The van der Waals surface area contributed by atoms with E-state index >= 15 is 0 Å². The quantitative estimate of drug-likeness (QED) is 0.631. The molecule has 0 aliphatic heterocycles. The van der Waals surface area contributed by atoms with Crippen LogP contribution in [0.2, 0.25) is 0 Å². The number of rotatable bonds is 0. The Hall–Kier alpha value is -0.695. The molecule has 1 nitrogen and oxygen atoms in total. The van der Waals surface area contributed by atoms with Crippen molar-refractivity contribution in [2.24, 2.45) is 0 Å². The molecule has 2 radical (unpaired) electrons. The van der Waals surface area contributed by atoms with E-state index in [4.69, 9.17) is 7.85 Å². The Bertz CT molecular complexity index is 394. The number of aromatic amines is 1. The van der Waals surface area contributed by atoms with Crippen LogP contribution in [0.15, 0.2) is 28.7 Å². The number of hydrogen-bond donors (Lipinski definition) is 1. The van der Waals surface area contributed by atoms with Crippen LogP contribution in [-0.4, -0.2) is 12.8 Å². The normalized spacial score (nSPS) is 10.6. The van der Waals surface area contributed by atoms with Gasteiger partial charge in [0, 0.05) is 9.99 Å². The summed E-state index contributed by atoms with van der Waals surface area (Å²) in [4.78, 5) is 3.04. The Labute approximate surface area is 74.3 Å². The molecule has 2 rings (SSSR count). The summed E-state index contributed by atoms with van der Waals surface area (Å²) in [7, 11) is 5.57. The lowest BCUT2D eigenvalue weighted by molar-refractivity contribution is 1.54. The van der Waals surface area contributed by atoms with Crippen LogP contribution in [0.25, 0.3) is 10.9 Å². The van der Waals surface area contributed by atoms with Gasteiger partial charge in [-0.2, -0.15) is 0 Å². The van der Waals surface area contributed by atoms with Gasteiger partial charge in [0.2, 0.25) is 0 Å². The van der Waals surface area contributed by atoms with Crippen LogP contribution in [-0.2, 0) is 0 Å². The van der Waals surface area contributed by atoms with Gasteiger partial charge in [-0.1, -0.05) is 15.9 Å². The van der Waals surface area contributed by atoms with E-state index in [-0.39, 0.29) is 0 Å². The molecule has 11 heavy (non-hydrogen) atoms. The van der Waals surface area contributed by atoms with Gasteiger partial charge in [0.05, 0.1) is 0 Å². The third kappa shape index (κ3) is 1.20. The van der Waals surface area contributed by atoms with E-state index < -0.39 is 0 Å². The van der Waals surface area contributed by atoms with Crippen molar-refractivity contribution in [3.05, 3.63) is 28.7 Å². The van der Waals surface area contributed by atoms with Crippen molar-refractivity contribution < 1.29 is 0 Å². The minimum atomic E-state index is 0.707. The van der Waals surface area contributed by atoms with Crippen LogP contribution < -0.4 is 5.59 Å². The maximum atomic E-state index is 5.57. The summed E-state index contributed by atoms with van der Waals surface area (Å²) in [5.74, 6) is 0. The van der Waals surface area contributed by atoms with Gasteiger partial charge in [0.15, 0.2) is 0 Å². The first kappa shape index (κ1) is 6.98. The lowest BCUT2D eigenvalue weighted by atomic mass is 10.1. The average Bonchev–Trinajstić information content (AvgIpc) is 2.27. The second kappa shape index (κ2) is 2.41. The third-order valence-electron chi connectivity index (χ3n) is 1.60. The van der Waals surface area contributed by atoms with Crippen molar-refractivity contribution in [3.63, 3.8) is 0 Å². The lowest BCUT2D eigenvalue weighted by Crippen LogP contribution is -1.99. The van der Waals surface area contributed by atoms with Gasteiger partial charge in [0.25, 0.3) is 0 Å². The first-order valence-electron chi connectivity index (χ1n) is 3.29. The molecule has 1 heterocycles. The highest BCUT2D eigenvalue weighted by Crippen LogP contribution is 2.16. The minimum absolute atomic E-state index is 0.707. The minimum Gasteiger partial charge on any atom is -0.368 e. The fourth-order valence-corrected chi connectivity index (χ4v) is 1.50. The first-order chi connectivity index (χ1) is 5.25. The number of halogens is 1. The fraction of sp³-hybridized carbons (Fsp3) is 0. The Morgan fingerprint density at radius 2 is 2.09 bits per heavy atom. The highest BCUT2D eigenvalue weighted by molar-refractivity contribution is 9.10. The molecule has 0 atom stereocenters. The van der Waals surface area contributed by atoms with Crippen molar-refractivity contribution >= 4 is 40.3 Å². The molecule has 0 spiro atoms. The monoisotopic (exact) mass is 205 g/mol. The van der Waals surface area contributed by atoms with Crippen molar-refractivity contribution in [2.45, 2.75) is 0 Å². The molecule has 1 N–H and O–H groups in total. The second-order valence-electron chi connectivity index (χ2n) is 2.46. The molecular formula is C8H5BBrN. The third-order valence-corrected chi connectivity index (χ3v) is 2.10. The molecule has 1 aromatic heterocycles. The Morgan fingerprint density at radius 3 is 2.91 bits per heavy atom. The molecule has 0 aliphatic carbocycles. The lowest BCUT2D eigenvalue weighted by Gasteiger charge is -1.89. The molecule has 3 heteroatoms. The summed E-state index contributed by atoms with van der Waals surface area (Å²) in [6.07, 6.45) is 0. The van der Waals surface area contributed by atoms with Crippen molar-refractivity contribution in [3.8, 4) is 0 Å². The molecule has 0 aliphatic rings. The molecule has 0 fully saturated rings. The van der Waals surface area contributed by atoms with E-state index in [1.807, 2.05) is 24.3 Å². The highest BCUT2D eigenvalue weighted by Gasteiger charge is 1.95. The zero-order valence-corrected chi connectivity index (χ0v) is 7.35. The number of benzene rings is 1. The number of aromatic nitrogens is 1. The van der Waals surface area contributed by atoms with E-state index in [0.717, 1.165) is 15.4 Å². The number of hydrogen-bond acceptors (Lipinski definition) is 0. The van der Waals surface area contributed by atoms with Crippen LogP contribution >= 0.6 is 15.9 Å². The zero-order chi connectivity index (χ0) is 7.84. The first-order valence-corrected chi connectivity index (χ1v) is 4.09. The zero-order valence-electron chi connectivity index (χ0n) is 5.76. The summed E-state index contributed by atoms with van der Waals surface area (Å²) < 4.78 is 1.07. The van der Waals surface area contributed by atoms with E-state index in [9.17, 15) is 0 Å². The van der Waals surface area contributed by atoms with Gasteiger partial charge in [0.1, 0.15) is 7.85 Å². The van der Waals surface area contributed by atoms with E-state index in [1.54, 1.807) is 0 Å². The Kier molecular flexibility index (Phi) is 1.53.